The van der Waals surface area contributed by atoms with Crippen LogP contribution < -0.4 is 5.32 Å². The minimum Gasteiger partial charge on any atom is -0.313 e. The molecule has 0 fully saturated rings. The number of thiazole rings is 1. The van der Waals surface area contributed by atoms with Crippen LogP contribution in [0.5, 0.6) is 0 Å². The summed E-state index contributed by atoms with van der Waals surface area (Å²) in [6.45, 7) is 10.9. The van der Waals surface area contributed by atoms with Gasteiger partial charge >= 0.3 is 0 Å². The van der Waals surface area contributed by atoms with Crippen LogP contribution in [-0.4, -0.2) is 43.1 Å². The lowest BCUT2D eigenvalue weighted by atomic mass is 9.93. The molecule has 1 atom stereocenters. The van der Waals surface area contributed by atoms with Crippen molar-refractivity contribution in [2.24, 2.45) is 0 Å². The molecular weight excluding hydrogens is 242 g/mol. The first-order valence-electron chi connectivity index (χ1n) is 6.66. The Balaban J connectivity index is 2.66. The van der Waals surface area contributed by atoms with Crippen molar-refractivity contribution < 1.29 is 0 Å². The van der Waals surface area contributed by atoms with Gasteiger partial charge in [0.15, 0.2) is 0 Å². The fraction of sp³-hybridized carbons (Fsp3) is 0.786. The van der Waals surface area contributed by atoms with Crippen molar-refractivity contribution in [3.05, 3.63) is 16.1 Å². The van der Waals surface area contributed by atoms with E-state index >= 15 is 0 Å². The number of nitrogens with one attached hydrogen (secondary N) is 1. The fourth-order valence-electron chi connectivity index (χ4n) is 1.89. The summed E-state index contributed by atoms with van der Waals surface area (Å²) >= 11 is 1.79. The first kappa shape index (κ1) is 15.6. The van der Waals surface area contributed by atoms with Crippen LogP contribution in [0, 0.1) is 0 Å². The molecule has 0 amide bonds. The first-order chi connectivity index (χ1) is 8.32. The van der Waals surface area contributed by atoms with Crippen molar-refractivity contribution >= 4 is 11.3 Å². The van der Waals surface area contributed by atoms with Gasteiger partial charge in [-0.15, -0.1) is 11.3 Å². The highest BCUT2D eigenvalue weighted by Crippen LogP contribution is 2.24. The zero-order valence-corrected chi connectivity index (χ0v) is 13.4. The Morgan fingerprint density at radius 1 is 1.39 bits per heavy atom. The number of likely N-dealkylation sites (N-methyl/N-ethyl adjacent to an activating group) is 2. The van der Waals surface area contributed by atoms with Crippen molar-refractivity contribution in [1.82, 2.24) is 15.2 Å². The molecule has 18 heavy (non-hydrogen) atoms. The quantitative estimate of drug-likeness (QED) is 0.860. The Bertz CT molecular complexity index is 352. The summed E-state index contributed by atoms with van der Waals surface area (Å²) in [6.07, 6.45) is 1.02. The Morgan fingerprint density at radius 3 is 2.50 bits per heavy atom. The molecule has 4 heteroatoms. The highest BCUT2D eigenvalue weighted by Gasteiger charge is 2.19. The SMILES string of the molecule is CCNC(Cc1nc(C(C)(C)C)cs1)CN(C)C. The van der Waals surface area contributed by atoms with E-state index in [1.165, 1.54) is 10.7 Å². The summed E-state index contributed by atoms with van der Waals surface area (Å²) in [5.74, 6) is 0. The second-order valence-electron chi connectivity index (χ2n) is 6.10. The molecule has 0 aliphatic rings. The van der Waals surface area contributed by atoms with E-state index < -0.39 is 0 Å². The molecule has 1 rings (SSSR count). The molecule has 1 N–H and O–H groups in total. The molecule has 0 aliphatic carbocycles. The number of hydrogen-bond acceptors (Lipinski definition) is 4. The lowest BCUT2D eigenvalue weighted by molar-refractivity contribution is 0.338. The average molecular weight is 269 g/mol. The smallest absolute Gasteiger partial charge is 0.0944 e. The molecule has 0 aromatic carbocycles. The van der Waals surface area contributed by atoms with Gasteiger partial charge in [-0.1, -0.05) is 27.7 Å². The molecule has 104 valence electrons. The molecule has 0 radical (unpaired) electrons. The van der Waals surface area contributed by atoms with Gasteiger partial charge in [-0.2, -0.15) is 0 Å². The van der Waals surface area contributed by atoms with Crippen LogP contribution in [0.3, 0.4) is 0 Å². The van der Waals surface area contributed by atoms with Gasteiger partial charge < -0.3 is 10.2 Å². The fourth-order valence-corrected chi connectivity index (χ4v) is 2.99. The second kappa shape index (κ2) is 6.64. The Labute approximate surface area is 116 Å². The number of rotatable bonds is 6. The van der Waals surface area contributed by atoms with Gasteiger partial charge in [-0.05, 0) is 20.6 Å². The predicted octanol–water partition coefficient (Wildman–Crippen LogP) is 2.52. The summed E-state index contributed by atoms with van der Waals surface area (Å²) in [5.41, 5.74) is 1.37. The minimum atomic E-state index is 0.157. The topological polar surface area (TPSA) is 28.2 Å². The van der Waals surface area contributed by atoms with E-state index in [0.717, 1.165) is 19.5 Å². The standard InChI is InChI=1S/C14H27N3S/c1-7-15-11(9-17(5)6)8-13-16-12(10-18-13)14(2,3)4/h10-11,15H,7-9H2,1-6H3. The van der Waals surface area contributed by atoms with Crippen molar-refractivity contribution in [1.29, 1.82) is 0 Å². The van der Waals surface area contributed by atoms with Gasteiger partial charge in [0.1, 0.15) is 0 Å². The van der Waals surface area contributed by atoms with Gasteiger partial charge in [-0.25, -0.2) is 4.98 Å². The van der Waals surface area contributed by atoms with Gasteiger partial charge in [0, 0.05) is 29.8 Å². The van der Waals surface area contributed by atoms with Crippen LogP contribution in [-0.2, 0) is 11.8 Å². The predicted molar refractivity (Wildman–Crippen MR) is 80.5 cm³/mol. The molecule has 0 spiro atoms. The highest BCUT2D eigenvalue weighted by molar-refractivity contribution is 7.09. The Morgan fingerprint density at radius 2 is 2.06 bits per heavy atom. The maximum absolute atomic E-state index is 4.77. The molecule has 1 aromatic heterocycles. The summed E-state index contributed by atoms with van der Waals surface area (Å²) in [7, 11) is 4.24. The first-order valence-corrected chi connectivity index (χ1v) is 7.54. The van der Waals surface area contributed by atoms with Gasteiger partial charge in [0.05, 0.1) is 10.7 Å². The molecular formula is C14H27N3S. The molecule has 0 saturated carbocycles. The molecule has 1 aromatic rings. The maximum atomic E-state index is 4.77. The monoisotopic (exact) mass is 269 g/mol. The van der Waals surface area contributed by atoms with E-state index in [2.05, 4.69) is 57.4 Å². The van der Waals surface area contributed by atoms with Gasteiger partial charge in [0.2, 0.25) is 0 Å². The molecule has 0 bridgehead atoms. The number of aromatic nitrogens is 1. The zero-order valence-electron chi connectivity index (χ0n) is 12.6. The molecule has 1 unspecified atom stereocenters. The average Bonchev–Trinajstić information content (AvgIpc) is 2.64. The highest BCUT2D eigenvalue weighted by atomic mass is 32.1. The molecule has 0 saturated heterocycles. The number of hydrogen-bond donors (Lipinski definition) is 1. The zero-order chi connectivity index (χ0) is 13.8. The van der Waals surface area contributed by atoms with Crippen LogP contribution in [0.15, 0.2) is 5.38 Å². The summed E-state index contributed by atoms with van der Waals surface area (Å²) < 4.78 is 0. The van der Waals surface area contributed by atoms with Crippen molar-refractivity contribution in [2.75, 3.05) is 27.2 Å². The van der Waals surface area contributed by atoms with E-state index in [0.29, 0.717) is 6.04 Å². The summed E-state index contributed by atoms with van der Waals surface area (Å²) in [5, 5.41) is 6.98. The largest absolute Gasteiger partial charge is 0.313 e. The minimum absolute atomic E-state index is 0.157. The van der Waals surface area contributed by atoms with Crippen LogP contribution in [0.4, 0.5) is 0 Å². The van der Waals surface area contributed by atoms with Gasteiger partial charge in [0.25, 0.3) is 0 Å². The van der Waals surface area contributed by atoms with Crippen LogP contribution in [0.25, 0.3) is 0 Å². The van der Waals surface area contributed by atoms with Crippen molar-refractivity contribution in [3.8, 4) is 0 Å². The maximum Gasteiger partial charge on any atom is 0.0944 e. The van der Waals surface area contributed by atoms with Crippen molar-refractivity contribution in [3.63, 3.8) is 0 Å². The third-order valence-electron chi connectivity index (χ3n) is 2.82. The van der Waals surface area contributed by atoms with Crippen molar-refractivity contribution in [2.45, 2.75) is 45.6 Å². The van der Waals surface area contributed by atoms with Crippen LogP contribution >= 0.6 is 11.3 Å². The van der Waals surface area contributed by atoms with E-state index in [9.17, 15) is 0 Å². The lowest BCUT2D eigenvalue weighted by Crippen LogP contribution is -2.39. The third-order valence-corrected chi connectivity index (χ3v) is 3.69. The molecule has 3 nitrogen and oxygen atoms in total. The van der Waals surface area contributed by atoms with Crippen LogP contribution in [0.2, 0.25) is 0 Å². The lowest BCUT2D eigenvalue weighted by Gasteiger charge is -2.21. The van der Waals surface area contributed by atoms with E-state index in [-0.39, 0.29) is 5.41 Å². The number of nitrogens with zero attached hydrogens (tertiary/aromatic N) is 2. The van der Waals surface area contributed by atoms with E-state index in [1.54, 1.807) is 11.3 Å². The van der Waals surface area contributed by atoms with Crippen LogP contribution in [0.1, 0.15) is 38.4 Å². The normalized spacial score (nSPS) is 14.2. The third kappa shape index (κ3) is 5.04. The summed E-state index contributed by atoms with van der Waals surface area (Å²) in [6, 6.07) is 0.490. The molecule has 0 aliphatic heterocycles. The second-order valence-corrected chi connectivity index (χ2v) is 7.04. The Kier molecular flexibility index (Phi) is 5.76. The Hall–Kier alpha value is -0.450. The van der Waals surface area contributed by atoms with E-state index in [4.69, 9.17) is 4.98 Å². The van der Waals surface area contributed by atoms with E-state index in [1.807, 2.05) is 0 Å². The summed E-state index contributed by atoms with van der Waals surface area (Å²) in [4.78, 5) is 7.00. The van der Waals surface area contributed by atoms with Gasteiger partial charge in [-0.3, -0.25) is 0 Å². The molecule has 1 heterocycles.